The number of carbonyl (C=O) groups excluding carboxylic acids is 2. The summed E-state index contributed by atoms with van der Waals surface area (Å²) < 4.78 is 1.28. The highest BCUT2D eigenvalue weighted by molar-refractivity contribution is 6.31. The van der Waals surface area contributed by atoms with Crippen molar-refractivity contribution in [1.82, 2.24) is 19.7 Å². The molecule has 2 bridgehead atoms. The largest absolute Gasteiger partial charge is 0.480 e. The SMILES string of the molecule is C[C@@H]1CCC[C@H](N2CCC(c3cc(Cl)ccc3N(N)/C=C\N)=CC2=O)c2cc(ccn2)-c2nn(CC(=O)O)cc2NC1=O. The van der Waals surface area contributed by atoms with Crippen molar-refractivity contribution < 1.29 is 19.5 Å². The molecule has 2 aliphatic rings. The zero-order chi connectivity index (χ0) is 30.7. The number of hydrazine groups is 1. The van der Waals surface area contributed by atoms with Crippen LogP contribution in [-0.4, -0.2) is 49.1 Å². The second kappa shape index (κ2) is 12.7. The molecule has 0 aliphatic carbocycles. The molecule has 0 spiro atoms. The monoisotopic (exact) mass is 604 g/mol. The van der Waals surface area contributed by atoms with Crippen molar-refractivity contribution in [3.8, 4) is 11.3 Å². The minimum absolute atomic E-state index is 0.174. The Morgan fingerprint density at radius 1 is 1.26 bits per heavy atom. The molecule has 0 saturated heterocycles. The first kappa shape index (κ1) is 29.8. The lowest BCUT2D eigenvalue weighted by molar-refractivity contribution is -0.138. The van der Waals surface area contributed by atoms with Crippen LogP contribution in [0, 0.1) is 5.92 Å². The van der Waals surface area contributed by atoms with E-state index in [-0.39, 0.29) is 30.3 Å². The molecule has 3 aromatic rings. The van der Waals surface area contributed by atoms with E-state index in [2.05, 4.69) is 15.4 Å². The van der Waals surface area contributed by atoms with E-state index >= 15 is 0 Å². The van der Waals surface area contributed by atoms with Crippen molar-refractivity contribution in [1.29, 1.82) is 0 Å². The summed E-state index contributed by atoms with van der Waals surface area (Å²) >= 11 is 6.32. The average molecular weight is 605 g/mol. The lowest BCUT2D eigenvalue weighted by Gasteiger charge is -2.35. The minimum atomic E-state index is -1.05. The van der Waals surface area contributed by atoms with Gasteiger partial charge >= 0.3 is 5.97 Å². The molecule has 2 atom stereocenters. The highest BCUT2D eigenvalue weighted by Gasteiger charge is 2.31. The van der Waals surface area contributed by atoms with Crippen LogP contribution in [0.4, 0.5) is 11.4 Å². The normalized spacial score (nSPS) is 19.2. The van der Waals surface area contributed by atoms with Gasteiger partial charge in [0.2, 0.25) is 11.8 Å². The lowest BCUT2D eigenvalue weighted by Crippen LogP contribution is -2.38. The van der Waals surface area contributed by atoms with E-state index in [1.807, 2.05) is 13.0 Å². The molecule has 2 aromatic heterocycles. The number of fused-ring (bicyclic) bond motifs is 4. The number of rotatable bonds is 6. The maximum atomic E-state index is 13.7. The summed E-state index contributed by atoms with van der Waals surface area (Å²) in [6.45, 7) is 1.92. The van der Waals surface area contributed by atoms with Gasteiger partial charge in [0.25, 0.3) is 0 Å². The molecule has 0 radical (unpaired) electrons. The van der Waals surface area contributed by atoms with Crippen molar-refractivity contribution in [3.63, 3.8) is 0 Å². The summed E-state index contributed by atoms with van der Waals surface area (Å²) in [7, 11) is 0. The van der Waals surface area contributed by atoms with Crippen LogP contribution in [0.15, 0.2) is 61.2 Å². The number of amides is 2. The molecule has 0 fully saturated rings. The van der Waals surface area contributed by atoms with E-state index in [0.29, 0.717) is 65.6 Å². The Morgan fingerprint density at radius 3 is 2.81 bits per heavy atom. The molecule has 43 heavy (non-hydrogen) atoms. The molecule has 0 saturated carbocycles. The molecule has 5 rings (SSSR count). The number of nitrogens with zero attached hydrogens (tertiary/aromatic N) is 5. The molecule has 0 unspecified atom stereocenters. The highest BCUT2D eigenvalue weighted by atomic mass is 35.5. The van der Waals surface area contributed by atoms with Gasteiger partial charge in [0, 0.05) is 59.5 Å². The Labute approximate surface area is 253 Å². The van der Waals surface area contributed by atoms with E-state index in [4.69, 9.17) is 23.2 Å². The Balaban J connectivity index is 1.51. The van der Waals surface area contributed by atoms with Crippen molar-refractivity contribution in [2.75, 3.05) is 16.9 Å². The predicted octanol–water partition coefficient (Wildman–Crippen LogP) is 3.91. The van der Waals surface area contributed by atoms with Gasteiger partial charge < -0.3 is 21.1 Å². The maximum absolute atomic E-state index is 13.7. The van der Waals surface area contributed by atoms with E-state index in [9.17, 15) is 19.5 Å². The van der Waals surface area contributed by atoms with Gasteiger partial charge in [0.05, 0.1) is 23.1 Å². The summed E-state index contributed by atoms with van der Waals surface area (Å²) in [6.07, 6.45) is 10.1. The number of nitrogens with one attached hydrogen (secondary N) is 1. The molecule has 4 heterocycles. The smallest absolute Gasteiger partial charge is 0.325 e. The van der Waals surface area contributed by atoms with Gasteiger partial charge in [0.15, 0.2) is 0 Å². The molecular formula is C30H33ClN8O4. The third-order valence-corrected chi connectivity index (χ3v) is 7.92. The van der Waals surface area contributed by atoms with Crippen LogP contribution < -0.4 is 21.9 Å². The number of nitrogens with two attached hydrogens (primary N) is 2. The zero-order valence-corrected chi connectivity index (χ0v) is 24.4. The number of halogens is 1. The number of carboxylic acid groups (broad SMARTS) is 1. The fraction of sp³-hybridized carbons (Fsp3) is 0.300. The molecule has 13 heteroatoms. The van der Waals surface area contributed by atoms with E-state index in [1.165, 1.54) is 28.3 Å². The maximum Gasteiger partial charge on any atom is 0.325 e. The topological polar surface area (TPSA) is 173 Å². The van der Waals surface area contributed by atoms with Gasteiger partial charge in [-0.05, 0) is 55.2 Å². The van der Waals surface area contributed by atoms with Gasteiger partial charge in [-0.25, -0.2) is 5.84 Å². The molecule has 2 amide bonds. The molecule has 2 aliphatic heterocycles. The number of hydrogen-bond donors (Lipinski definition) is 4. The summed E-state index contributed by atoms with van der Waals surface area (Å²) in [5.74, 6) is 4.45. The van der Waals surface area contributed by atoms with E-state index in [0.717, 1.165) is 11.1 Å². The molecule has 224 valence electrons. The number of aromatic nitrogens is 3. The predicted molar refractivity (Wildman–Crippen MR) is 163 cm³/mol. The number of hydrogen-bond acceptors (Lipinski definition) is 8. The Bertz CT molecular complexity index is 1620. The zero-order valence-electron chi connectivity index (χ0n) is 23.6. The number of aliphatic carboxylic acids is 1. The summed E-state index contributed by atoms with van der Waals surface area (Å²) in [4.78, 5) is 44.5. The fourth-order valence-electron chi connectivity index (χ4n) is 5.53. The number of anilines is 2. The summed E-state index contributed by atoms with van der Waals surface area (Å²) in [5.41, 5.74) is 9.93. The molecule has 12 nitrogen and oxygen atoms in total. The van der Waals surface area contributed by atoms with Crippen molar-refractivity contribution in [2.45, 2.75) is 45.2 Å². The highest BCUT2D eigenvalue weighted by Crippen LogP contribution is 2.37. The van der Waals surface area contributed by atoms with Crippen LogP contribution in [0.3, 0.4) is 0 Å². The van der Waals surface area contributed by atoms with Crippen LogP contribution >= 0.6 is 11.6 Å². The summed E-state index contributed by atoms with van der Waals surface area (Å²) in [6, 6.07) is 8.54. The van der Waals surface area contributed by atoms with Crippen molar-refractivity contribution in [3.05, 3.63) is 77.5 Å². The Hall–Kier alpha value is -4.68. The molecular weight excluding hydrogens is 572 g/mol. The first-order valence-corrected chi connectivity index (χ1v) is 14.3. The number of carbonyl (C=O) groups is 3. The van der Waals surface area contributed by atoms with Crippen molar-refractivity contribution >= 4 is 46.3 Å². The van der Waals surface area contributed by atoms with Crippen LogP contribution in [0.5, 0.6) is 0 Å². The van der Waals surface area contributed by atoms with Gasteiger partial charge in [-0.3, -0.25) is 29.1 Å². The number of pyridine rings is 1. The molecule has 6 N–H and O–H groups in total. The van der Waals surface area contributed by atoms with Crippen molar-refractivity contribution in [2.24, 2.45) is 17.5 Å². The van der Waals surface area contributed by atoms with Crippen LogP contribution in [0.25, 0.3) is 16.8 Å². The van der Waals surface area contributed by atoms with Gasteiger partial charge in [-0.15, -0.1) is 0 Å². The van der Waals surface area contributed by atoms with Crippen LogP contribution in [0.2, 0.25) is 5.02 Å². The quantitative estimate of drug-likeness (QED) is 0.240. The Morgan fingerprint density at radius 2 is 2.07 bits per heavy atom. The molecule has 1 aromatic carbocycles. The van der Waals surface area contributed by atoms with Crippen LogP contribution in [-0.2, 0) is 20.9 Å². The third kappa shape index (κ3) is 6.55. The summed E-state index contributed by atoms with van der Waals surface area (Å²) in [5, 5.41) is 18.6. The fourth-order valence-corrected chi connectivity index (χ4v) is 5.70. The number of carboxylic acids is 1. The first-order chi connectivity index (χ1) is 20.6. The average Bonchev–Trinajstić information content (AvgIpc) is 3.36. The third-order valence-electron chi connectivity index (χ3n) is 7.68. The van der Waals surface area contributed by atoms with Gasteiger partial charge in [0.1, 0.15) is 12.2 Å². The van der Waals surface area contributed by atoms with Gasteiger partial charge in [-0.1, -0.05) is 24.9 Å². The second-order valence-corrected chi connectivity index (χ2v) is 11.1. The first-order valence-electron chi connectivity index (χ1n) is 13.9. The van der Waals surface area contributed by atoms with Crippen LogP contribution in [0.1, 0.15) is 49.9 Å². The Kier molecular flexibility index (Phi) is 8.78. The number of benzene rings is 1. The second-order valence-electron chi connectivity index (χ2n) is 10.7. The lowest BCUT2D eigenvalue weighted by atomic mass is 9.93. The van der Waals surface area contributed by atoms with E-state index in [1.54, 1.807) is 41.4 Å². The van der Waals surface area contributed by atoms with E-state index < -0.39 is 5.97 Å². The standard InChI is InChI=1S/C30H33ClN8O4/c1-18-3-2-4-26(23-13-20(7-10-34-23)29-24(35-30(18)43)16-37(36-29)17-28(41)42)38-11-8-19(14-27(38)40)22-15-21(31)5-6-25(22)39(33)12-9-32/h5-7,9-10,12-16,18,26H,2-4,8,11,17,32-33H2,1H3,(H,35,43)(H,41,42)/b12-9-/t18-,26+/m1/s1. The minimum Gasteiger partial charge on any atom is -0.480 e. The van der Waals surface area contributed by atoms with Gasteiger partial charge in [-0.2, -0.15) is 5.10 Å².